The average Bonchev–Trinajstić information content (AvgIpc) is 3.32. The number of thiophene rings is 1. The SMILES string of the molecule is CN(CC[C@H](Oc1cccc2ccccc12)c1cccs1)C(=O)Oc1ccccc1.S. The number of fused-ring (bicyclic) bond motifs is 1. The van der Waals surface area contributed by atoms with Gasteiger partial charge in [0.15, 0.2) is 0 Å². The van der Waals surface area contributed by atoms with Gasteiger partial charge in [-0.2, -0.15) is 13.5 Å². The largest absolute Gasteiger partial charge is 0.484 e. The fourth-order valence-electron chi connectivity index (χ4n) is 3.25. The topological polar surface area (TPSA) is 38.8 Å². The lowest BCUT2D eigenvalue weighted by Crippen LogP contribution is -2.31. The van der Waals surface area contributed by atoms with Crippen molar-refractivity contribution in [1.29, 1.82) is 0 Å². The van der Waals surface area contributed by atoms with E-state index in [0.717, 1.165) is 21.4 Å². The standard InChI is InChI=1S/C25H23NO3S.H2S/c1-26(25(27)28-20-11-3-2-4-12-20)17-16-23(24-15-8-18-30-24)29-22-14-7-10-19-9-5-6-13-21(19)22;/h2-15,18,23H,16-17H2,1H3;1H2/t23-;/m0./s1. The third kappa shape index (κ3) is 5.81. The monoisotopic (exact) mass is 451 g/mol. The molecule has 0 saturated heterocycles. The molecule has 0 radical (unpaired) electrons. The molecule has 1 amide bonds. The fraction of sp³-hybridized carbons (Fsp3) is 0.160. The normalized spacial score (nSPS) is 11.4. The summed E-state index contributed by atoms with van der Waals surface area (Å²) in [4.78, 5) is 15.1. The Labute approximate surface area is 193 Å². The van der Waals surface area contributed by atoms with E-state index in [-0.39, 0.29) is 25.7 Å². The fourth-order valence-corrected chi connectivity index (χ4v) is 4.04. The molecule has 0 unspecified atom stereocenters. The minimum absolute atomic E-state index is 0. The maximum Gasteiger partial charge on any atom is 0.414 e. The van der Waals surface area contributed by atoms with Gasteiger partial charge in [-0.1, -0.05) is 60.7 Å². The Morgan fingerprint density at radius 3 is 2.45 bits per heavy atom. The van der Waals surface area contributed by atoms with E-state index < -0.39 is 0 Å². The molecule has 31 heavy (non-hydrogen) atoms. The van der Waals surface area contributed by atoms with Crippen molar-refractivity contribution < 1.29 is 14.3 Å². The van der Waals surface area contributed by atoms with E-state index in [2.05, 4.69) is 24.3 Å². The first-order valence-electron chi connectivity index (χ1n) is 9.86. The lowest BCUT2D eigenvalue weighted by Gasteiger charge is -2.23. The lowest BCUT2D eigenvalue weighted by atomic mass is 10.1. The Bertz CT molecular complexity index is 1090. The highest BCUT2D eigenvalue weighted by atomic mass is 32.1. The van der Waals surface area contributed by atoms with Gasteiger partial charge in [0, 0.05) is 30.3 Å². The number of carbonyl (C=O) groups excluding carboxylic acids is 1. The van der Waals surface area contributed by atoms with E-state index in [4.69, 9.17) is 9.47 Å². The van der Waals surface area contributed by atoms with Crippen molar-refractivity contribution in [3.05, 3.63) is 95.2 Å². The van der Waals surface area contributed by atoms with Crippen molar-refractivity contribution in [2.75, 3.05) is 13.6 Å². The predicted molar refractivity (Wildman–Crippen MR) is 132 cm³/mol. The molecule has 0 N–H and O–H groups in total. The van der Waals surface area contributed by atoms with E-state index in [0.29, 0.717) is 18.7 Å². The molecule has 0 aliphatic carbocycles. The second kappa shape index (κ2) is 10.9. The summed E-state index contributed by atoms with van der Waals surface area (Å²) in [6.07, 6.45) is 0.128. The number of nitrogens with zero attached hydrogens (tertiary/aromatic N) is 1. The highest BCUT2D eigenvalue weighted by Gasteiger charge is 2.19. The maximum absolute atomic E-state index is 12.4. The summed E-state index contributed by atoms with van der Waals surface area (Å²) in [5.41, 5.74) is 0. The van der Waals surface area contributed by atoms with Crippen LogP contribution in [0.15, 0.2) is 90.3 Å². The quantitative estimate of drug-likeness (QED) is 0.315. The Balaban J connectivity index is 0.00000272. The van der Waals surface area contributed by atoms with Gasteiger partial charge in [-0.25, -0.2) is 4.79 Å². The van der Waals surface area contributed by atoms with Crippen LogP contribution in [0.4, 0.5) is 4.79 Å². The summed E-state index contributed by atoms with van der Waals surface area (Å²) in [5.74, 6) is 1.39. The second-order valence-electron chi connectivity index (χ2n) is 6.99. The zero-order valence-electron chi connectivity index (χ0n) is 17.2. The van der Waals surface area contributed by atoms with Gasteiger partial charge in [-0.05, 0) is 35.0 Å². The molecule has 1 atom stereocenters. The molecule has 0 aliphatic heterocycles. The molecule has 4 rings (SSSR count). The molecule has 0 bridgehead atoms. The zero-order valence-corrected chi connectivity index (χ0v) is 19.0. The summed E-state index contributed by atoms with van der Waals surface area (Å²) in [6, 6.07) is 27.5. The maximum atomic E-state index is 12.4. The zero-order chi connectivity index (χ0) is 20.8. The van der Waals surface area contributed by atoms with Gasteiger partial charge in [-0.3, -0.25) is 0 Å². The highest BCUT2D eigenvalue weighted by molar-refractivity contribution is 7.59. The predicted octanol–water partition coefficient (Wildman–Crippen LogP) is 6.66. The van der Waals surface area contributed by atoms with E-state index in [1.54, 1.807) is 35.4 Å². The number of hydrogen-bond acceptors (Lipinski definition) is 4. The number of benzene rings is 3. The van der Waals surface area contributed by atoms with Gasteiger partial charge in [0.2, 0.25) is 0 Å². The molecular weight excluding hydrogens is 426 g/mol. The minimum atomic E-state index is -0.378. The molecule has 3 aromatic carbocycles. The number of ether oxygens (including phenoxy) is 2. The summed E-state index contributed by atoms with van der Waals surface area (Å²) < 4.78 is 11.9. The molecule has 1 aromatic heterocycles. The van der Waals surface area contributed by atoms with Crippen LogP contribution in [0.25, 0.3) is 10.8 Å². The number of carbonyl (C=O) groups is 1. The van der Waals surface area contributed by atoms with Crippen LogP contribution in [0.5, 0.6) is 11.5 Å². The Morgan fingerprint density at radius 2 is 1.68 bits per heavy atom. The highest BCUT2D eigenvalue weighted by Crippen LogP contribution is 2.33. The van der Waals surface area contributed by atoms with Crippen LogP contribution in [0, 0.1) is 0 Å². The number of amides is 1. The summed E-state index contributed by atoms with van der Waals surface area (Å²) in [6.45, 7) is 0.513. The number of rotatable bonds is 7. The van der Waals surface area contributed by atoms with Crippen LogP contribution in [0.2, 0.25) is 0 Å². The van der Waals surface area contributed by atoms with Crippen LogP contribution < -0.4 is 9.47 Å². The molecule has 0 spiro atoms. The van der Waals surface area contributed by atoms with Crippen LogP contribution in [0.1, 0.15) is 17.4 Å². The molecule has 4 nitrogen and oxygen atoms in total. The van der Waals surface area contributed by atoms with Crippen molar-refractivity contribution in [2.45, 2.75) is 12.5 Å². The Hall–Kier alpha value is -2.96. The van der Waals surface area contributed by atoms with Crippen LogP contribution >= 0.6 is 24.8 Å². The van der Waals surface area contributed by atoms with Crippen molar-refractivity contribution in [1.82, 2.24) is 4.90 Å². The molecule has 6 heteroatoms. The van der Waals surface area contributed by atoms with Gasteiger partial charge in [-0.15, -0.1) is 11.3 Å². The summed E-state index contributed by atoms with van der Waals surface area (Å²) >= 11 is 1.66. The van der Waals surface area contributed by atoms with Crippen LogP contribution in [-0.2, 0) is 0 Å². The lowest BCUT2D eigenvalue weighted by molar-refractivity contribution is 0.147. The molecule has 160 valence electrons. The molecule has 0 aliphatic rings. The second-order valence-corrected chi connectivity index (χ2v) is 7.97. The molecule has 0 fully saturated rings. The van der Waals surface area contributed by atoms with Crippen LogP contribution in [-0.4, -0.2) is 24.6 Å². The van der Waals surface area contributed by atoms with E-state index >= 15 is 0 Å². The summed E-state index contributed by atoms with van der Waals surface area (Å²) in [5, 5.41) is 4.27. The van der Waals surface area contributed by atoms with Crippen molar-refractivity contribution in [3.63, 3.8) is 0 Å². The Morgan fingerprint density at radius 1 is 0.935 bits per heavy atom. The van der Waals surface area contributed by atoms with Crippen LogP contribution in [0.3, 0.4) is 0 Å². The number of hydrogen-bond donors (Lipinski definition) is 0. The average molecular weight is 452 g/mol. The van der Waals surface area contributed by atoms with E-state index in [1.807, 2.05) is 53.9 Å². The Kier molecular flexibility index (Phi) is 7.98. The molecule has 1 heterocycles. The third-order valence-corrected chi connectivity index (χ3v) is 5.83. The summed E-state index contributed by atoms with van der Waals surface area (Å²) in [7, 11) is 1.74. The number of para-hydroxylation sites is 1. The first-order chi connectivity index (χ1) is 14.7. The minimum Gasteiger partial charge on any atom is -0.484 e. The van der Waals surface area contributed by atoms with E-state index in [1.165, 1.54) is 0 Å². The van der Waals surface area contributed by atoms with Gasteiger partial charge in [0.25, 0.3) is 0 Å². The first-order valence-corrected chi connectivity index (χ1v) is 10.7. The van der Waals surface area contributed by atoms with Gasteiger partial charge in [0.1, 0.15) is 17.6 Å². The molecular formula is C25H25NO3S2. The van der Waals surface area contributed by atoms with Gasteiger partial charge >= 0.3 is 6.09 Å². The van der Waals surface area contributed by atoms with Crippen molar-refractivity contribution >= 4 is 41.7 Å². The van der Waals surface area contributed by atoms with E-state index in [9.17, 15) is 4.79 Å². The van der Waals surface area contributed by atoms with Crippen molar-refractivity contribution in [3.8, 4) is 11.5 Å². The van der Waals surface area contributed by atoms with Gasteiger partial charge in [0.05, 0.1) is 0 Å². The smallest absolute Gasteiger partial charge is 0.414 e. The first kappa shape index (κ1) is 22.7. The molecule has 4 aromatic rings. The third-order valence-electron chi connectivity index (χ3n) is 4.87. The van der Waals surface area contributed by atoms with Crippen molar-refractivity contribution in [2.24, 2.45) is 0 Å². The van der Waals surface area contributed by atoms with Gasteiger partial charge < -0.3 is 14.4 Å². The molecule has 0 saturated carbocycles.